The van der Waals surface area contributed by atoms with Crippen LogP contribution in [0.3, 0.4) is 0 Å². The van der Waals surface area contributed by atoms with Gasteiger partial charge in [0.1, 0.15) is 6.61 Å². The summed E-state index contributed by atoms with van der Waals surface area (Å²) < 4.78 is 11.2. The van der Waals surface area contributed by atoms with Crippen LogP contribution in [0.15, 0.2) is 71.8 Å². The average molecular weight is 409 g/mol. The highest BCUT2D eigenvalue weighted by molar-refractivity contribution is 6.30. The Morgan fingerprint density at radius 1 is 1.03 bits per heavy atom. The lowest BCUT2D eigenvalue weighted by Crippen LogP contribution is -2.17. The fraction of sp³-hybridized carbons (Fsp3) is 0.130. The van der Waals surface area contributed by atoms with E-state index in [-0.39, 0.29) is 5.91 Å². The Bertz CT molecular complexity index is 1000. The molecule has 3 aromatic carbocycles. The lowest BCUT2D eigenvalue weighted by atomic mass is 10.1. The van der Waals surface area contributed by atoms with Gasteiger partial charge in [0.05, 0.1) is 13.3 Å². The molecule has 0 unspecified atom stereocenters. The van der Waals surface area contributed by atoms with Gasteiger partial charge in [-0.15, -0.1) is 0 Å². The summed E-state index contributed by atoms with van der Waals surface area (Å²) in [5.41, 5.74) is 5.93. The Balaban J connectivity index is 1.61. The molecule has 1 amide bonds. The monoisotopic (exact) mass is 408 g/mol. The molecule has 0 spiro atoms. The quantitative estimate of drug-likeness (QED) is 0.442. The minimum Gasteiger partial charge on any atom is -0.493 e. The summed E-state index contributed by atoms with van der Waals surface area (Å²) >= 11 is 5.90. The molecule has 1 N–H and O–H groups in total. The highest BCUT2D eigenvalue weighted by Gasteiger charge is 2.07. The fourth-order valence-electron chi connectivity index (χ4n) is 2.56. The van der Waals surface area contributed by atoms with Crippen molar-refractivity contribution in [1.82, 2.24) is 5.43 Å². The van der Waals surface area contributed by atoms with Gasteiger partial charge < -0.3 is 9.47 Å². The second-order valence-corrected chi connectivity index (χ2v) is 6.83. The summed E-state index contributed by atoms with van der Waals surface area (Å²) in [6.45, 7) is 2.36. The van der Waals surface area contributed by atoms with E-state index in [1.165, 1.54) is 0 Å². The number of methoxy groups -OCH3 is 1. The predicted octanol–water partition coefficient (Wildman–Crippen LogP) is 5.00. The van der Waals surface area contributed by atoms with Gasteiger partial charge in [0.15, 0.2) is 11.5 Å². The number of ether oxygens (including phenoxy) is 2. The third kappa shape index (κ3) is 5.83. The molecular weight excluding hydrogens is 388 g/mol. The highest BCUT2D eigenvalue weighted by atomic mass is 35.5. The van der Waals surface area contributed by atoms with Gasteiger partial charge in [0, 0.05) is 10.6 Å². The van der Waals surface area contributed by atoms with E-state index in [1.54, 1.807) is 37.6 Å². The van der Waals surface area contributed by atoms with Crippen LogP contribution >= 0.6 is 11.6 Å². The molecule has 148 valence electrons. The van der Waals surface area contributed by atoms with Gasteiger partial charge in [0.25, 0.3) is 5.91 Å². The van der Waals surface area contributed by atoms with Crippen molar-refractivity contribution < 1.29 is 14.3 Å². The maximum atomic E-state index is 12.1. The topological polar surface area (TPSA) is 59.9 Å². The smallest absolute Gasteiger partial charge is 0.271 e. The molecule has 0 bridgehead atoms. The molecule has 6 heteroatoms. The van der Waals surface area contributed by atoms with Crippen molar-refractivity contribution >= 4 is 23.7 Å². The summed E-state index contributed by atoms with van der Waals surface area (Å²) in [5, 5.41) is 4.70. The largest absolute Gasteiger partial charge is 0.493 e. The van der Waals surface area contributed by atoms with Crippen LogP contribution in [0.25, 0.3) is 0 Å². The van der Waals surface area contributed by atoms with Crippen molar-refractivity contribution in [3.05, 3.63) is 94.0 Å². The Morgan fingerprint density at radius 3 is 2.45 bits per heavy atom. The number of hydrogen-bond donors (Lipinski definition) is 1. The van der Waals surface area contributed by atoms with Gasteiger partial charge in [-0.05, 0) is 60.5 Å². The number of nitrogens with zero attached hydrogens (tertiary/aromatic N) is 1. The van der Waals surface area contributed by atoms with Crippen LogP contribution in [-0.4, -0.2) is 19.2 Å². The first-order chi connectivity index (χ1) is 14.0. The summed E-state index contributed by atoms with van der Waals surface area (Å²) in [4.78, 5) is 12.1. The molecule has 0 saturated heterocycles. The minimum absolute atomic E-state index is 0.267. The molecule has 0 aliphatic rings. The van der Waals surface area contributed by atoms with Gasteiger partial charge in [0.2, 0.25) is 0 Å². The molecule has 0 heterocycles. The zero-order chi connectivity index (χ0) is 20.6. The van der Waals surface area contributed by atoms with E-state index in [1.807, 2.05) is 49.4 Å². The Kier molecular flexibility index (Phi) is 6.87. The van der Waals surface area contributed by atoms with Gasteiger partial charge in [-0.2, -0.15) is 5.10 Å². The summed E-state index contributed by atoms with van der Waals surface area (Å²) in [7, 11) is 1.57. The third-order valence-corrected chi connectivity index (χ3v) is 4.44. The van der Waals surface area contributed by atoms with E-state index in [0.29, 0.717) is 28.7 Å². The van der Waals surface area contributed by atoms with Crippen molar-refractivity contribution in [2.75, 3.05) is 7.11 Å². The van der Waals surface area contributed by atoms with Crippen LogP contribution in [0, 0.1) is 6.92 Å². The highest BCUT2D eigenvalue weighted by Crippen LogP contribution is 2.28. The lowest BCUT2D eigenvalue weighted by Gasteiger charge is -2.11. The number of aryl methyl sites for hydroxylation is 1. The molecule has 3 aromatic rings. The maximum Gasteiger partial charge on any atom is 0.271 e. The van der Waals surface area contributed by atoms with E-state index in [0.717, 1.165) is 16.7 Å². The Morgan fingerprint density at radius 2 is 1.76 bits per heavy atom. The van der Waals surface area contributed by atoms with E-state index in [9.17, 15) is 4.79 Å². The molecule has 0 atom stereocenters. The van der Waals surface area contributed by atoms with Crippen molar-refractivity contribution in [1.29, 1.82) is 0 Å². The molecule has 0 aliphatic carbocycles. The van der Waals surface area contributed by atoms with Crippen LogP contribution in [0.4, 0.5) is 0 Å². The molecular formula is C23H21ClN2O3. The number of amides is 1. The number of carbonyl (C=O) groups excluding carboxylic acids is 1. The number of carbonyl (C=O) groups is 1. The van der Waals surface area contributed by atoms with Crippen molar-refractivity contribution in [2.24, 2.45) is 5.10 Å². The van der Waals surface area contributed by atoms with Crippen LogP contribution < -0.4 is 14.9 Å². The second-order valence-electron chi connectivity index (χ2n) is 6.39. The van der Waals surface area contributed by atoms with E-state index in [2.05, 4.69) is 10.5 Å². The number of rotatable bonds is 7. The molecule has 0 fully saturated rings. The maximum absolute atomic E-state index is 12.1. The molecule has 0 aliphatic heterocycles. The van der Waals surface area contributed by atoms with E-state index < -0.39 is 0 Å². The number of hydrogen-bond acceptors (Lipinski definition) is 4. The molecule has 0 radical (unpaired) electrons. The van der Waals surface area contributed by atoms with Crippen molar-refractivity contribution in [3.63, 3.8) is 0 Å². The summed E-state index contributed by atoms with van der Waals surface area (Å²) in [6, 6.07) is 20.2. The van der Waals surface area contributed by atoms with Crippen LogP contribution in [-0.2, 0) is 6.61 Å². The second kappa shape index (κ2) is 9.75. The third-order valence-electron chi connectivity index (χ3n) is 4.19. The van der Waals surface area contributed by atoms with Crippen LogP contribution in [0.5, 0.6) is 11.5 Å². The van der Waals surface area contributed by atoms with Crippen LogP contribution in [0.1, 0.15) is 27.0 Å². The number of halogens is 1. The Labute approximate surface area is 174 Å². The van der Waals surface area contributed by atoms with Gasteiger partial charge in [-0.3, -0.25) is 4.79 Å². The molecule has 5 nitrogen and oxygen atoms in total. The first-order valence-corrected chi connectivity index (χ1v) is 9.38. The molecule has 0 aromatic heterocycles. The Hall–Kier alpha value is -3.31. The zero-order valence-corrected chi connectivity index (χ0v) is 16.9. The average Bonchev–Trinajstić information content (AvgIpc) is 2.74. The molecule has 0 saturated carbocycles. The van der Waals surface area contributed by atoms with Crippen LogP contribution in [0.2, 0.25) is 5.02 Å². The number of benzene rings is 3. The predicted molar refractivity (Wildman–Crippen MR) is 115 cm³/mol. The van der Waals surface area contributed by atoms with E-state index >= 15 is 0 Å². The summed E-state index contributed by atoms with van der Waals surface area (Å²) in [5.74, 6) is 0.923. The number of hydrazone groups is 1. The molecule has 29 heavy (non-hydrogen) atoms. The standard InChI is InChI=1S/C23H21ClN2O3/c1-16-3-8-19(9-4-16)23(27)26-25-14-18-7-12-21(22(13-18)28-2)29-15-17-5-10-20(24)11-6-17/h3-14H,15H2,1-2H3,(H,26,27). The first-order valence-electron chi connectivity index (χ1n) is 9.00. The van der Waals surface area contributed by atoms with Gasteiger partial charge in [-0.1, -0.05) is 41.4 Å². The van der Waals surface area contributed by atoms with Gasteiger partial charge in [-0.25, -0.2) is 5.43 Å². The summed E-state index contributed by atoms with van der Waals surface area (Å²) in [6.07, 6.45) is 1.55. The fourth-order valence-corrected chi connectivity index (χ4v) is 2.69. The zero-order valence-electron chi connectivity index (χ0n) is 16.2. The normalized spacial score (nSPS) is 10.7. The number of nitrogens with one attached hydrogen (secondary N) is 1. The first kappa shape index (κ1) is 20.4. The van der Waals surface area contributed by atoms with Crippen molar-refractivity contribution in [2.45, 2.75) is 13.5 Å². The van der Waals surface area contributed by atoms with E-state index in [4.69, 9.17) is 21.1 Å². The lowest BCUT2D eigenvalue weighted by molar-refractivity contribution is 0.0955. The van der Waals surface area contributed by atoms with Gasteiger partial charge >= 0.3 is 0 Å². The molecule has 3 rings (SSSR count). The SMILES string of the molecule is COc1cc(C=NNC(=O)c2ccc(C)cc2)ccc1OCc1ccc(Cl)cc1. The minimum atomic E-state index is -0.267. The van der Waals surface area contributed by atoms with Crippen molar-refractivity contribution in [3.8, 4) is 11.5 Å².